The van der Waals surface area contributed by atoms with Crippen LogP contribution in [-0.2, 0) is 32.6 Å². The van der Waals surface area contributed by atoms with Gasteiger partial charge >= 0.3 is 0 Å². The van der Waals surface area contributed by atoms with Crippen molar-refractivity contribution in [3.8, 4) is 0 Å². The van der Waals surface area contributed by atoms with E-state index in [4.69, 9.17) is 11.6 Å². The van der Waals surface area contributed by atoms with E-state index in [1.165, 1.54) is 17.0 Å². The lowest BCUT2D eigenvalue weighted by Crippen LogP contribution is -2.52. The van der Waals surface area contributed by atoms with Crippen LogP contribution < -0.4 is 9.62 Å². The van der Waals surface area contributed by atoms with Crippen molar-refractivity contribution in [1.82, 2.24) is 10.2 Å². The van der Waals surface area contributed by atoms with E-state index in [2.05, 4.69) is 5.32 Å². The number of rotatable bonds is 12. The van der Waals surface area contributed by atoms with Crippen molar-refractivity contribution in [3.05, 3.63) is 95.0 Å². The molecule has 0 aliphatic rings. The van der Waals surface area contributed by atoms with E-state index in [0.717, 1.165) is 22.7 Å². The number of hydrogen-bond donors (Lipinski definition) is 1. The number of hydrogen-bond acceptors (Lipinski definition) is 4. The molecule has 0 saturated carbocycles. The minimum Gasteiger partial charge on any atom is -0.352 e. The van der Waals surface area contributed by atoms with Crippen LogP contribution in [0.3, 0.4) is 0 Å². The summed E-state index contributed by atoms with van der Waals surface area (Å²) in [6.07, 6.45) is 1.52. The third-order valence-electron chi connectivity index (χ3n) is 6.71. The molecule has 2 atom stereocenters. The Morgan fingerprint density at radius 2 is 1.51 bits per heavy atom. The highest BCUT2D eigenvalue weighted by molar-refractivity contribution is 7.92. The predicted octanol–water partition coefficient (Wildman–Crippen LogP) is 5.43. The molecule has 0 bridgehead atoms. The zero-order valence-corrected chi connectivity index (χ0v) is 24.4. The molecule has 0 saturated heterocycles. The quantitative estimate of drug-likeness (QED) is 0.315. The number of nitrogens with zero attached hydrogens (tertiary/aromatic N) is 2. The molecule has 0 aliphatic carbocycles. The highest BCUT2D eigenvalue weighted by Gasteiger charge is 2.33. The topological polar surface area (TPSA) is 86.8 Å². The summed E-state index contributed by atoms with van der Waals surface area (Å²) in [6.45, 7) is 7.04. The van der Waals surface area contributed by atoms with Crippen molar-refractivity contribution in [2.24, 2.45) is 0 Å². The highest BCUT2D eigenvalue weighted by Crippen LogP contribution is 2.26. The van der Waals surface area contributed by atoms with Gasteiger partial charge in [-0.25, -0.2) is 8.42 Å². The zero-order chi connectivity index (χ0) is 28.6. The van der Waals surface area contributed by atoms with Crippen LogP contribution in [-0.4, -0.2) is 43.8 Å². The van der Waals surface area contributed by atoms with Gasteiger partial charge in [-0.05, 0) is 68.1 Å². The van der Waals surface area contributed by atoms with Crippen LogP contribution in [0.5, 0.6) is 0 Å². The van der Waals surface area contributed by atoms with E-state index in [1.54, 1.807) is 61.5 Å². The number of carbonyl (C=O) groups excluding carboxylic acids is 2. The Balaban J connectivity index is 2.02. The molecule has 3 aromatic carbocycles. The van der Waals surface area contributed by atoms with Gasteiger partial charge in [0.2, 0.25) is 11.8 Å². The molecule has 0 radical (unpaired) electrons. The van der Waals surface area contributed by atoms with Crippen LogP contribution in [0.25, 0.3) is 0 Å². The highest BCUT2D eigenvalue weighted by atomic mass is 35.5. The lowest BCUT2D eigenvalue weighted by molar-refractivity contribution is -0.139. The number of benzene rings is 3. The maximum absolute atomic E-state index is 13.9. The van der Waals surface area contributed by atoms with Gasteiger partial charge in [0.15, 0.2) is 0 Å². The van der Waals surface area contributed by atoms with Gasteiger partial charge in [-0.3, -0.25) is 13.9 Å². The first-order valence-corrected chi connectivity index (χ1v) is 14.9. The lowest BCUT2D eigenvalue weighted by atomic mass is 10.1. The summed E-state index contributed by atoms with van der Waals surface area (Å²) in [7, 11) is -4.09. The molecule has 0 aromatic heterocycles. The minimum atomic E-state index is -4.09. The molecular weight excluding hydrogens is 534 g/mol. The van der Waals surface area contributed by atoms with Crippen LogP contribution >= 0.6 is 11.6 Å². The van der Waals surface area contributed by atoms with Crippen molar-refractivity contribution < 1.29 is 18.0 Å². The predicted molar refractivity (Wildman–Crippen MR) is 156 cm³/mol. The fourth-order valence-electron chi connectivity index (χ4n) is 4.00. The summed E-state index contributed by atoms with van der Waals surface area (Å²) < 4.78 is 28.7. The van der Waals surface area contributed by atoms with Gasteiger partial charge in [-0.15, -0.1) is 0 Å². The largest absolute Gasteiger partial charge is 0.352 e. The molecule has 0 fully saturated rings. The Morgan fingerprint density at radius 1 is 0.897 bits per heavy atom. The summed E-state index contributed by atoms with van der Waals surface area (Å²) in [5.41, 5.74) is 2.05. The maximum Gasteiger partial charge on any atom is 0.264 e. The van der Waals surface area contributed by atoms with Gasteiger partial charge in [-0.2, -0.15) is 0 Å². The third-order valence-corrected chi connectivity index (χ3v) is 8.87. The second-order valence-electron chi connectivity index (χ2n) is 9.45. The smallest absolute Gasteiger partial charge is 0.264 e. The van der Waals surface area contributed by atoms with Gasteiger partial charge < -0.3 is 10.2 Å². The summed E-state index contributed by atoms with van der Waals surface area (Å²) in [5, 5.41) is 3.37. The Labute approximate surface area is 236 Å². The fraction of sp³-hybridized carbons (Fsp3) is 0.333. The van der Waals surface area contributed by atoms with E-state index in [0.29, 0.717) is 16.3 Å². The van der Waals surface area contributed by atoms with Crippen LogP contribution in [0.15, 0.2) is 83.8 Å². The van der Waals surface area contributed by atoms with E-state index in [1.807, 2.05) is 32.9 Å². The monoisotopic (exact) mass is 569 g/mol. The van der Waals surface area contributed by atoms with E-state index < -0.39 is 28.5 Å². The molecule has 0 heterocycles. The molecule has 7 nitrogen and oxygen atoms in total. The van der Waals surface area contributed by atoms with Gasteiger partial charge in [0.1, 0.15) is 12.6 Å². The number of anilines is 1. The SMILES string of the molecule is CCc1ccc(N(CC(=O)N(Cc2ccccc2Cl)[C@@H](C)C(=O)N[C@H](C)CC)S(=O)(=O)c2ccccc2)cc1. The number of carbonyl (C=O) groups is 2. The second kappa shape index (κ2) is 13.6. The first-order chi connectivity index (χ1) is 18.6. The average Bonchev–Trinajstić information content (AvgIpc) is 2.95. The Kier molecular flexibility index (Phi) is 10.5. The summed E-state index contributed by atoms with van der Waals surface area (Å²) in [4.78, 5) is 28.5. The molecular formula is C30H36ClN3O4S. The molecule has 9 heteroatoms. The molecule has 2 amide bonds. The summed E-state index contributed by atoms with van der Waals surface area (Å²) in [5.74, 6) is -0.852. The van der Waals surface area contributed by atoms with Gasteiger partial charge in [0, 0.05) is 17.6 Å². The second-order valence-corrected chi connectivity index (χ2v) is 11.7. The summed E-state index contributed by atoms with van der Waals surface area (Å²) >= 11 is 6.40. The number of nitrogens with one attached hydrogen (secondary N) is 1. The molecule has 3 rings (SSSR count). The lowest BCUT2D eigenvalue weighted by Gasteiger charge is -2.32. The first-order valence-electron chi connectivity index (χ1n) is 13.1. The van der Waals surface area contributed by atoms with E-state index in [-0.39, 0.29) is 23.4 Å². The van der Waals surface area contributed by atoms with Crippen molar-refractivity contribution in [3.63, 3.8) is 0 Å². The van der Waals surface area contributed by atoms with Crippen LogP contribution in [0, 0.1) is 0 Å². The van der Waals surface area contributed by atoms with Crippen molar-refractivity contribution in [2.75, 3.05) is 10.8 Å². The molecule has 1 N–H and O–H groups in total. The molecule has 3 aromatic rings. The molecule has 0 unspecified atom stereocenters. The fourth-order valence-corrected chi connectivity index (χ4v) is 5.64. The number of aryl methyl sites for hydroxylation is 1. The standard InChI is InChI=1S/C30H36ClN3O4S/c1-5-22(3)32-30(36)23(4)33(20-25-12-10-11-15-28(25)31)29(35)21-34(26-18-16-24(6-2)17-19-26)39(37,38)27-13-8-7-9-14-27/h7-19,22-23H,5-6,20-21H2,1-4H3,(H,32,36)/t22-,23+/m1/s1. The number of amides is 2. The van der Waals surface area contributed by atoms with E-state index >= 15 is 0 Å². The minimum absolute atomic E-state index is 0.0433. The molecule has 39 heavy (non-hydrogen) atoms. The van der Waals surface area contributed by atoms with Gasteiger partial charge in [0.05, 0.1) is 10.6 Å². The number of sulfonamides is 1. The van der Waals surface area contributed by atoms with Gasteiger partial charge in [0.25, 0.3) is 10.0 Å². The molecule has 208 valence electrons. The Morgan fingerprint density at radius 3 is 2.10 bits per heavy atom. The summed E-state index contributed by atoms with van der Waals surface area (Å²) in [6, 6.07) is 21.2. The van der Waals surface area contributed by atoms with Gasteiger partial charge in [-0.1, -0.05) is 74.0 Å². The van der Waals surface area contributed by atoms with Crippen LogP contribution in [0.1, 0.15) is 45.2 Å². The zero-order valence-electron chi connectivity index (χ0n) is 22.8. The maximum atomic E-state index is 13.9. The van der Waals surface area contributed by atoms with E-state index in [9.17, 15) is 18.0 Å². The molecule has 0 spiro atoms. The Hall–Kier alpha value is -3.36. The third kappa shape index (κ3) is 7.61. The van der Waals surface area contributed by atoms with Crippen molar-refractivity contribution in [1.29, 1.82) is 0 Å². The van der Waals surface area contributed by atoms with Crippen molar-refractivity contribution in [2.45, 2.75) is 64.1 Å². The van der Waals surface area contributed by atoms with Crippen LogP contribution in [0.4, 0.5) is 5.69 Å². The number of halogens is 1. The normalized spacial score (nSPS) is 12.8. The molecule has 0 aliphatic heterocycles. The first kappa shape index (κ1) is 30.2. The van der Waals surface area contributed by atoms with Crippen LogP contribution in [0.2, 0.25) is 5.02 Å². The average molecular weight is 570 g/mol. The Bertz CT molecular complexity index is 1360. The van der Waals surface area contributed by atoms with Crippen molar-refractivity contribution >= 4 is 39.1 Å².